The molecule has 6 heteroatoms. The SMILES string of the molecule is Cc1ccnc(NC(=O)C2CCCCN2)c1.Cl.Cl. The van der Waals surface area contributed by atoms with Crippen LogP contribution in [0.4, 0.5) is 5.82 Å². The third-order valence-corrected chi connectivity index (χ3v) is 2.79. The number of nitrogens with one attached hydrogen (secondary N) is 2. The number of amides is 1. The standard InChI is InChI=1S/C12H17N3O.2ClH/c1-9-5-7-14-11(8-9)15-12(16)10-4-2-3-6-13-10;;/h5,7-8,10,13H,2-4,6H2,1H3,(H,14,15,16);2*1H. The van der Waals surface area contributed by atoms with Gasteiger partial charge >= 0.3 is 0 Å². The van der Waals surface area contributed by atoms with Crippen LogP contribution in [0.2, 0.25) is 0 Å². The van der Waals surface area contributed by atoms with Crippen molar-refractivity contribution in [3.63, 3.8) is 0 Å². The molecule has 4 nitrogen and oxygen atoms in total. The van der Waals surface area contributed by atoms with E-state index in [9.17, 15) is 4.79 Å². The molecule has 1 amide bonds. The summed E-state index contributed by atoms with van der Waals surface area (Å²) in [6, 6.07) is 3.73. The van der Waals surface area contributed by atoms with Crippen molar-refractivity contribution in [1.29, 1.82) is 0 Å². The van der Waals surface area contributed by atoms with Crippen molar-refractivity contribution in [2.45, 2.75) is 32.2 Å². The second-order valence-corrected chi connectivity index (χ2v) is 4.21. The summed E-state index contributed by atoms with van der Waals surface area (Å²) >= 11 is 0. The first-order chi connectivity index (χ1) is 7.75. The first-order valence-corrected chi connectivity index (χ1v) is 5.72. The van der Waals surface area contributed by atoms with E-state index >= 15 is 0 Å². The zero-order valence-electron chi connectivity index (χ0n) is 10.3. The lowest BCUT2D eigenvalue weighted by atomic mass is 10.0. The van der Waals surface area contributed by atoms with E-state index in [2.05, 4.69) is 15.6 Å². The van der Waals surface area contributed by atoms with Crippen LogP contribution in [0.15, 0.2) is 18.3 Å². The molecular formula is C12H19Cl2N3O. The van der Waals surface area contributed by atoms with E-state index in [0.29, 0.717) is 5.82 Å². The van der Waals surface area contributed by atoms with Gasteiger partial charge in [-0.15, -0.1) is 24.8 Å². The molecular weight excluding hydrogens is 273 g/mol. The Kier molecular flexibility index (Phi) is 7.91. The van der Waals surface area contributed by atoms with Crippen LogP contribution in [0.25, 0.3) is 0 Å². The Morgan fingerprint density at radius 2 is 2.22 bits per heavy atom. The monoisotopic (exact) mass is 291 g/mol. The first kappa shape index (κ1) is 17.2. The first-order valence-electron chi connectivity index (χ1n) is 5.72. The predicted octanol–water partition coefficient (Wildman–Crippen LogP) is 2.31. The molecule has 0 bridgehead atoms. The summed E-state index contributed by atoms with van der Waals surface area (Å²) < 4.78 is 0. The Balaban J connectivity index is 0.00000144. The molecule has 1 aromatic heterocycles. The summed E-state index contributed by atoms with van der Waals surface area (Å²) in [6.45, 7) is 2.91. The van der Waals surface area contributed by atoms with Crippen LogP contribution in [0, 0.1) is 6.92 Å². The number of pyridine rings is 1. The van der Waals surface area contributed by atoms with Gasteiger partial charge in [-0.2, -0.15) is 0 Å². The van der Waals surface area contributed by atoms with E-state index in [1.54, 1.807) is 6.20 Å². The molecule has 0 aliphatic carbocycles. The van der Waals surface area contributed by atoms with Crippen molar-refractivity contribution in [3.8, 4) is 0 Å². The maximum Gasteiger partial charge on any atom is 0.242 e. The molecule has 2 rings (SSSR count). The van der Waals surface area contributed by atoms with Gasteiger partial charge in [0.2, 0.25) is 5.91 Å². The van der Waals surface area contributed by atoms with Crippen LogP contribution < -0.4 is 10.6 Å². The number of piperidine rings is 1. The molecule has 1 aliphatic rings. The summed E-state index contributed by atoms with van der Waals surface area (Å²) in [6.07, 6.45) is 4.90. The molecule has 2 N–H and O–H groups in total. The highest BCUT2D eigenvalue weighted by Gasteiger charge is 2.20. The van der Waals surface area contributed by atoms with Crippen molar-refractivity contribution >= 4 is 36.5 Å². The van der Waals surface area contributed by atoms with Crippen molar-refractivity contribution < 1.29 is 4.79 Å². The Labute approximate surface area is 120 Å². The number of hydrogen-bond donors (Lipinski definition) is 2. The molecule has 1 aromatic rings. The van der Waals surface area contributed by atoms with Crippen LogP contribution in [0.1, 0.15) is 24.8 Å². The molecule has 1 fully saturated rings. The molecule has 1 unspecified atom stereocenters. The maximum atomic E-state index is 11.9. The fourth-order valence-corrected chi connectivity index (χ4v) is 1.89. The van der Waals surface area contributed by atoms with E-state index < -0.39 is 0 Å². The van der Waals surface area contributed by atoms with Crippen molar-refractivity contribution in [2.24, 2.45) is 0 Å². The zero-order chi connectivity index (χ0) is 11.4. The number of aryl methyl sites for hydroxylation is 1. The minimum atomic E-state index is -0.0592. The quantitative estimate of drug-likeness (QED) is 0.879. The van der Waals surface area contributed by atoms with Crippen LogP contribution >= 0.6 is 24.8 Å². The van der Waals surface area contributed by atoms with Crippen molar-refractivity contribution in [1.82, 2.24) is 10.3 Å². The molecule has 0 aromatic carbocycles. The average Bonchev–Trinajstić information content (AvgIpc) is 2.30. The van der Waals surface area contributed by atoms with Gasteiger partial charge < -0.3 is 10.6 Å². The number of aromatic nitrogens is 1. The Morgan fingerprint density at radius 3 is 2.83 bits per heavy atom. The summed E-state index contributed by atoms with van der Waals surface area (Å²) in [4.78, 5) is 16.0. The third kappa shape index (κ3) is 4.80. The van der Waals surface area contributed by atoms with Gasteiger partial charge in [-0.1, -0.05) is 6.42 Å². The number of anilines is 1. The molecule has 102 valence electrons. The van der Waals surface area contributed by atoms with Gasteiger partial charge in [-0.05, 0) is 44.0 Å². The third-order valence-electron chi connectivity index (χ3n) is 2.79. The van der Waals surface area contributed by atoms with E-state index in [1.165, 1.54) is 0 Å². The van der Waals surface area contributed by atoms with Crippen LogP contribution in [-0.2, 0) is 4.79 Å². The van der Waals surface area contributed by atoms with E-state index in [-0.39, 0.29) is 36.8 Å². The van der Waals surface area contributed by atoms with Crippen LogP contribution in [0.5, 0.6) is 0 Å². The highest BCUT2D eigenvalue weighted by Crippen LogP contribution is 2.10. The number of carbonyl (C=O) groups excluding carboxylic acids is 1. The van der Waals surface area contributed by atoms with Crippen LogP contribution in [-0.4, -0.2) is 23.5 Å². The van der Waals surface area contributed by atoms with Crippen molar-refractivity contribution in [3.05, 3.63) is 23.9 Å². The number of nitrogens with zero attached hydrogens (tertiary/aromatic N) is 1. The maximum absolute atomic E-state index is 11.9. The molecule has 1 atom stereocenters. The second kappa shape index (κ2) is 8.29. The van der Waals surface area contributed by atoms with E-state index in [4.69, 9.17) is 0 Å². The Hall–Kier alpha value is -0.840. The Morgan fingerprint density at radius 1 is 1.44 bits per heavy atom. The summed E-state index contributed by atoms with van der Waals surface area (Å²) in [5.41, 5.74) is 1.10. The molecule has 0 radical (unpaired) electrons. The molecule has 1 saturated heterocycles. The highest BCUT2D eigenvalue weighted by molar-refractivity contribution is 5.94. The van der Waals surface area contributed by atoms with Gasteiger partial charge in [-0.3, -0.25) is 4.79 Å². The fraction of sp³-hybridized carbons (Fsp3) is 0.500. The number of carbonyl (C=O) groups is 1. The van der Waals surface area contributed by atoms with Crippen LogP contribution in [0.3, 0.4) is 0 Å². The van der Waals surface area contributed by atoms with E-state index in [1.807, 2.05) is 19.1 Å². The Bertz CT molecular complexity index is 381. The number of halogens is 2. The predicted molar refractivity (Wildman–Crippen MR) is 77.7 cm³/mol. The topological polar surface area (TPSA) is 54.0 Å². The zero-order valence-corrected chi connectivity index (χ0v) is 11.9. The highest BCUT2D eigenvalue weighted by atomic mass is 35.5. The molecule has 18 heavy (non-hydrogen) atoms. The van der Waals surface area contributed by atoms with Crippen molar-refractivity contribution in [2.75, 3.05) is 11.9 Å². The summed E-state index contributed by atoms with van der Waals surface area (Å²) in [7, 11) is 0. The van der Waals surface area contributed by atoms with Gasteiger partial charge in [0.05, 0.1) is 6.04 Å². The number of rotatable bonds is 2. The lowest BCUT2D eigenvalue weighted by molar-refractivity contribution is -0.118. The molecule has 0 saturated carbocycles. The lowest BCUT2D eigenvalue weighted by Crippen LogP contribution is -2.43. The smallest absolute Gasteiger partial charge is 0.242 e. The summed E-state index contributed by atoms with van der Waals surface area (Å²) in [5, 5.41) is 6.05. The summed E-state index contributed by atoms with van der Waals surface area (Å²) in [5.74, 6) is 0.662. The normalized spacial score (nSPS) is 18.2. The minimum Gasteiger partial charge on any atom is -0.309 e. The van der Waals surface area contributed by atoms with Gasteiger partial charge in [0.25, 0.3) is 0 Å². The lowest BCUT2D eigenvalue weighted by Gasteiger charge is -2.22. The largest absolute Gasteiger partial charge is 0.309 e. The molecule has 0 spiro atoms. The average molecular weight is 292 g/mol. The molecule has 1 aliphatic heterocycles. The second-order valence-electron chi connectivity index (χ2n) is 4.21. The van der Waals surface area contributed by atoms with E-state index in [0.717, 1.165) is 31.4 Å². The van der Waals surface area contributed by atoms with Gasteiger partial charge in [0.1, 0.15) is 5.82 Å². The molecule has 2 heterocycles. The fourth-order valence-electron chi connectivity index (χ4n) is 1.89. The minimum absolute atomic E-state index is 0. The van der Waals surface area contributed by atoms with Gasteiger partial charge in [-0.25, -0.2) is 4.98 Å². The number of hydrogen-bond acceptors (Lipinski definition) is 3. The van der Waals surface area contributed by atoms with Gasteiger partial charge in [0.15, 0.2) is 0 Å². The van der Waals surface area contributed by atoms with Gasteiger partial charge in [0, 0.05) is 6.20 Å².